The number of hydrogen-bond donors (Lipinski definition) is 1. The van der Waals surface area contributed by atoms with Gasteiger partial charge in [-0.3, -0.25) is 9.71 Å². The molecule has 1 aliphatic heterocycles. The normalized spacial score (nSPS) is 15.6. The number of pyridine rings is 1. The van der Waals surface area contributed by atoms with Gasteiger partial charge in [0.2, 0.25) is 5.82 Å². The molecule has 0 spiro atoms. The zero-order chi connectivity index (χ0) is 26.0. The second-order valence-electron chi connectivity index (χ2n) is 8.38. The average molecular weight is 545 g/mol. The van der Waals surface area contributed by atoms with Crippen molar-refractivity contribution in [2.24, 2.45) is 0 Å². The lowest BCUT2D eigenvalue weighted by Crippen LogP contribution is -2.16. The van der Waals surface area contributed by atoms with Crippen LogP contribution in [0.2, 0.25) is 5.02 Å². The Morgan fingerprint density at radius 2 is 2.05 bits per heavy atom. The number of halogens is 2. The number of rotatable bonds is 8. The Morgan fingerprint density at radius 3 is 2.78 bits per heavy atom. The summed E-state index contributed by atoms with van der Waals surface area (Å²) in [5.41, 5.74) is 1.11. The van der Waals surface area contributed by atoms with Crippen LogP contribution in [0.25, 0.3) is 11.1 Å². The van der Waals surface area contributed by atoms with Crippen molar-refractivity contribution in [3.8, 4) is 16.9 Å². The maximum Gasteiger partial charge on any atom is 0.263 e. The van der Waals surface area contributed by atoms with Crippen molar-refractivity contribution in [1.82, 2.24) is 25.2 Å². The van der Waals surface area contributed by atoms with Gasteiger partial charge in [-0.1, -0.05) is 41.9 Å². The molecule has 0 saturated carbocycles. The summed E-state index contributed by atoms with van der Waals surface area (Å²) in [4.78, 5) is 5.16. The van der Waals surface area contributed by atoms with E-state index in [2.05, 4.69) is 25.1 Å². The van der Waals surface area contributed by atoms with E-state index in [-0.39, 0.29) is 45.6 Å². The van der Waals surface area contributed by atoms with Crippen LogP contribution < -0.4 is 9.46 Å². The first-order chi connectivity index (χ1) is 17.8. The number of nitrogens with one attached hydrogen (secondary N) is 1. The Hall–Kier alpha value is -3.61. The van der Waals surface area contributed by atoms with E-state index in [4.69, 9.17) is 21.1 Å². The van der Waals surface area contributed by atoms with Gasteiger partial charge in [0, 0.05) is 24.6 Å². The first-order valence-corrected chi connectivity index (χ1v) is 13.2. The Kier molecular flexibility index (Phi) is 7.04. The van der Waals surface area contributed by atoms with Crippen LogP contribution in [0.4, 0.5) is 10.1 Å². The smallest absolute Gasteiger partial charge is 0.263 e. The van der Waals surface area contributed by atoms with Crippen LogP contribution in [0, 0.1) is 12.7 Å². The first-order valence-electron chi connectivity index (χ1n) is 11.4. The van der Waals surface area contributed by atoms with E-state index < -0.39 is 15.8 Å². The molecule has 1 aliphatic rings. The monoisotopic (exact) mass is 544 g/mol. The number of aryl methyl sites for hydroxylation is 1. The quantitative estimate of drug-likeness (QED) is 0.343. The van der Waals surface area contributed by atoms with Crippen LogP contribution in [0.3, 0.4) is 0 Å². The number of ether oxygens (including phenoxy) is 2. The van der Waals surface area contributed by atoms with Gasteiger partial charge in [-0.05, 0) is 48.2 Å². The maximum absolute atomic E-state index is 15.9. The highest BCUT2D eigenvalue weighted by atomic mass is 35.5. The summed E-state index contributed by atoms with van der Waals surface area (Å²) in [5.74, 6) is -1.15. The van der Waals surface area contributed by atoms with Gasteiger partial charge < -0.3 is 9.47 Å². The molecular formula is C24H22ClFN6O4S. The van der Waals surface area contributed by atoms with Crippen molar-refractivity contribution in [3.05, 3.63) is 77.1 Å². The second kappa shape index (κ2) is 10.4. The van der Waals surface area contributed by atoms with Gasteiger partial charge >= 0.3 is 0 Å². The number of aromatic nitrogens is 5. The SMILES string of the molecule is Cc1cncc(S(=O)(=O)Nc2c(-c3ccccc3)cc(Cl)c(OCc3nnn(C4CCCO4)n3)c2F)c1. The highest BCUT2D eigenvalue weighted by Gasteiger charge is 2.26. The molecule has 2 aromatic heterocycles. The Balaban J connectivity index is 1.49. The molecule has 1 atom stereocenters. The maximum atomic E-state index is 15.9. The molecule has 1 N–H and O–H groups in total. The molecule has 1 saturated heterocycles. The summed E-state index contributed by atoms with van der Waals surface area (Å²) in [5, 5.41) is 12.1. The molecule has 1 fully saturated rings. The van der Waals surface area contributed by atoms with Gasteiger partial charge in [0.25, 0.3) is 10.0 Å². The van der Waals surface area contributed by atoms with Crippen LogP contribution in [0.1, 0.15) is 30.5 Å². The minimum Gasteiger partial charge on any atom is -0.481 e. The average Bonchev–Trinajstić information content (AvgIpc) is 3.58. The van der Waals surface area contributed by atoms with E-state index in [1.165, 1.54) is 29.3 Å². The minimum atomic E-state index is -4.19. The highest BCUT2D eigenvalue weighted by molar-refractivity contribution is 7.92. The topological polar surface area (TPSA) is 121 Å². The lowest BCUT2D eigenvalue weighted by molar-refractivity contribution is 0.0338. The van der Waals surface area contributed by atoms with Crippen LogP contribution in [0.15, 0.2) is 59.8 Å². The molecule has 1 unspecified atom stereocenters. The minimum absolute atomic E-state index is 0.0527. The van der Waals surface area contributed by atoms with E-state index in [1.807, 2.05) is 0 Å². The van der Waals surface area contributed by atoms with Gasteiger partial charge in [-0.25, -0.2) is 12.8 Å². The zero-order valence-electron chi connectivity index (χ0n) is 19.6. The summed E-state index contributed by atoms with van der Waals surface area (Å²) in [6, 6.07) is 11.6. The number of anilines is 1. The van der Waals surface area contributed by atoms with Crippen LogP contribution in [-0.4, -0.2) is 40.2 Å². The van der Waals surface area contributed by atoms with Crippen LogP contribution in [0.5, 0.6) is 5.75 Å². The summed E-state index contributed by atoms with van der Waals surface area (Å²) in [6.45, 7) is 2.07. The molecular weight excluding hydrogens is 523 g/mol. The van der Waals surface area contributed by atoms with Crippen molar-refractivity contribution < 1.29 is 22.3 Å². The summed E-state index contributed by atoms with van der Waals surface area (Å²) in [6.07, 6.45) is 4.06. The number of tetrazole rings is 1. The Labute approximate surface area is 217 Å². The van der Waals surface area contributed by atoms with Gasteiger partial charge in [-0.15, -0.1) is 15.0 Å². The molecule has 0 amide bonds. The molecule has 4 aromatic rings. The predicted molar refractivity (Wildman–Crippen MR) is 133 cm³/mol. The lowest BCUT2D eigenvalue weighted by atomic mass is 10.0. The fourth-order valence-corrected chi connectivity index (χ4v) is 5.23. The molecule has 13 heteroatoms. The van der Waals surface area contributed by atoms with Gasteiger partial charge in [0.1, 0.15) is 4.90 Å². The van der Waals surface area contributed by atoms with Crippen molar-refractivity contribution in [3.63, 3.8) is 0 Å². The summed E-state index contributed by atoms with van der Waals surface area (Å²) >= 11 is 6.41. The van der Waals surface area contributed by atoms with E-state index in [0.29, 0.717) is 17.7 Å². The fraction of sp³-hybridized carbons (Fsp3) is 0.250. The van der Waals surface area contributed by atoms with Crippen LogP contribution >= 0.6 is 11.6 Å². The third-order valence-electron chi connectivity index (χ3n) is 5.64. The molecule has 192 valence electrons. The zero-order valence-corrected chi connectivity index (χ0v) is 21.2. The fourth-order valence-electron chi connectivity index (χ4n) is 3.86. The lowest BCUT2D eigenvalue weighted by Gasteiger charge is -2.18. The van der Waals surface area contributed by atoms with Crippen molar-refractivity contribution in [2.75, 3.05) is 11.3 Å². The largest absolute Gasteiger partial charge is 0.481 e. The molecule has 3 heterocycles. The standard InChI is InChI=1S/C24H22ClFN6O4S/c1-15-10-17(13-27-12-15)37(33,34)30-23-18(16-6-3-2-4-7-16)11-19(25)24(22(23)26)36-14-20-28-31-32(29-20)21-8-5-9-35-21/h2-4,6-7,10-13,21,30H,5,8-9,14H2,1H3. The molecule has 10 nitrogen and oxygen atoms in total. The number of benzene rings is 2. The number of nitrogens with zero attached hydrogens (tertiary/aromatic N) is 5. The molecule has 2 aromatic carbocycles. The predicted octanol–water partition coefficient (Wildman–Crippen LogP) is 4.52. The first kappa shape index (κ1) is 25.1. The van der Waals surface area contributed by atoms with E-state index in [1.54, 1.807) is 37.3 Å². The molecule has 0 aliphatic carbocycles. The summed E-state index contributed by atoms with van der Waals surface area (Å²) in [7, 11) is -4.19. The third kappa shape index (κ3) is 5.41. The van der Waals surface area contributed by atoms with E-state index in [0.717, 1.165) is 12.8 Å². The van der Waals surface area contributed by atoms with E-state index >= 15 is 4.39 Å². The Morgan fingerprint density at radius 1 is 1.24 bits per heavy atom. The van der Waals surface area contributed by atoms with Gasteiger partial charge in [0.05, 0.1) is 10.7 Å². The highest BCUT2D eigenvalue weighted by Crippen LogP contribution is 2.41. The van der Waals surface area contributed by atoms with Gasteiger partial charge in [0.15, 0.2) is 24.4 Å². The van der Waals surface area contributed by atoms with Crippen LogP contribution in [-0.2, 0) is 21.4 Å². The molecule has 5 rings (SSSR count). The Bertz CT molecular complexity index is 1530. The molecule has 0 bridgehead atoms. The van der Waals surface area contributed by atoms with Gasteiger partial charge in [-0.2, -0.15) is 0 Å². The van der Waals surface area contributed by atoms with Crippen molar-refractivity contribution in [2.45, 2.75) is 37.5 Å². The van der Waals surface area contributed by atoms with Crippen molar-refractivity contribution in [1.29, 1.82) is 0 Å². The van der Waals surface area contributed by atoms with E-state index in [9.17, 15) is 8.42 Å². The second-order valence-corrected chi connectivity index (χ2v) is 10.5. The third-order valence-corrected chi connectivity index (χ3v) is 7.23. The van der Waals surface area contributed by atoms with Crippen molar-refractivity contribution >= 4 is 27.3 Å². The molecule has 0 radical (unpaired) electrons. The number of sulfonamides is 1. The molecule has 37 heavy (non-hydrogen) atoms. The summed E-state index contributed by atoms with van der Waals surface area (Å²) < 4.78 is 55.8. The number of hydrogen-bond acceptors (Lipinski definition) is 8.